The minimum absolute atomic E-state index is 0.192. The standard InChI is InChI=1S/C28H39N7O/c1-3-20-16-25(20)30-28-29-17-24-26(32-35(27(24)31-28)22-8-10-23(36)11-9-22)21-6-4-19(5-7-21)18-34-14-12-33(2)13-15-34/h4-7,17,20,22-23,25,36H,3,8-16,18H2,1-2H3,(H,29,30,31). The summed E-state index contributed by atoms with van der Waals surface area (Å²) in [5, 5.41) is 19.7. The Hall–Kier alpha value is -2.55. The second-order valence-electron chi connectivity index (χ2n) is 11.1. The van der Waals surface area contributed by atoms with Crippen molar-refractivity contribution in [2.75, 3.05) is 38.5 Å². The molecule has 1 aromatic carbocycles. The van der Waals surface area contributed by atoms with Crippen LogP contribution in [-0.2, 0) is 6.54 Å². The highest BCUT2D eigenvalue weighted by Gasteiger charge is 2.36. The number of fused-ring (bicyclic) bond motifs is 1. The van der Waals surface area contributed by atoms with Crippen LogP contribution >= 0.6 is 0 Å². The molecule has 3 aromatic rings. The summed E-state index contributed by atoms with van der Waals surface area (Å²) in [6.07, 6.45) is 7.63. The molecule has 1 aliphatic heterocycles. The van der Waals surface area contributed by atoms with Crippen LogP contribution in [0.15, 0.2) is 30.5 Å². The van der Waals surface area contributed by atoms with Crippen LogP contribution in [0.5, 0.6) is 0 Å². The lowest BCUT2D eigenvalue weighted by Gasteiger charge is -2.32. The summed E-state index contributed by atoms with van der Waals surface area (Å²) in [4.78, 5) is 14.6. The van der Waals surface area contributed by atoms with E-state index in [1.807, 2.05) is 6.20 Å². The van der Waals surface area contributed by atoms with Crippen molar-refractivity contribution < 1.29 is 5.11 Å². The van der Waals surface area contributed by atoms with E-state index in [1.165, 1.54) is 18.4 Å². The summed E-state index contributed by atoms with van der Waals surface area (Å²) < 4.78 is 2.12. The molecule has 3 fully saturated rings. The molecular formula is C28H39N7O. The van der Waals surface area contributed by atoms with E-state index in [-0.39, 0.29) is 12.1 Å². The first-order chi connectivity index (χ1) is 17.6. The zero-order chi connectivity index (χ0) is 24.6. The van der Waals surface area contributed by atoms with Crippen LogP contribution in [0.4, 0.5) is 5.95 Å². The zero-order valence-corrected chi connectivity index (χ0v) is 21.6. The molecule has 8 nitrogen and oxygen atoms in total. The van der Waals surface area contributed by atoms with Crippen molar-refractivity contribution in [2.24, 2.45) is 5.92 Å². The van der Waals surface area contributed by atoms with Gasteiger partial charge in [0, 0.05) is 50.5 Å². The third-order valence-corrected chi connectivity index (χ3v) is 8.45. The van der Waals surface area contributed by atoms with Gasteiger partial charge in [-0.1, -0.05) is 37.6 Å². The fraction of sp³-hybridized carbons (Fsp3) is 0.607. The number of benzene rings is 1. The van der Waals surface area contributed by atoms with Gasteiger partial charge in [0.1, 0.15) is 5.69 Å². The number of anilines is 1. The van der Waals surface area contributed by atoms with E-state index in [2.05, 4.69) is 63.0 Å². The smallest absolute Gasteiger partial charge is 0.224 e. The highest BCUT2D eigenvalue weighted by Crippen LogP contribution is 2.37. The second-order valence-corrected chi connectivity index (χ2v) is 11.1. The topological polar surface area (TPSA) is 82.3 Å². The first-order valence-electron chi connectivity index (χ1n) is 13.8. The predicted octanol–water partition coefficient (Wildman–Crippen LogP) is 3.93. The number of nitrogens with one attached hydrogen (secondary N) is 1. The molecular weight excluding hydrogens is 450 g/mol. The SMILES string of the molecule is CCC1CC1Nc1ncc2c(-c3ccc(CN4CCN(C)CC4)cc3)nn(C3CCC(O)CC3)c2n1. The largest absolute Gasteiger partial charge is 0.393 e. The molecule has 0 spiro atoms. The quantitative estimate of drug-likeness (QED) is 0.520. The fourth-order valence-electron chi connectivity index (χ4n) is 5.84. The highest BCUT2D eigenvalue weighted by molar-refractivity contribution is 5.91. The first kappa shape index (κ1) is 23.8. The molecule has 8 heteroatoms. The first-order valence-corrected chi connectivity index (χ1v) is 13.8. The molecule has 192 valence electrons. The summed E-state index contributed by atoms with van der Waals surface area (Å²) in [5.74, 6) is 1.43. The summed E-state index contributed by atoms with van der Waals surface area (Å²) in [6, 6.07) is 9.62. The lowest BCUT2D eigenvalue weighted by Crippen LogP contribution is -2.43. The minimum Gasteiger partial charge on any atom is -0.393 e. The van der Waals surface area contributed by atoms with Crippen LogP contribution in [0.25, 0.3) is 22.3 Å². The number of aromatic nitrogens is 4. The Balaban J connectivity index is 1.28. The van der Waals surface area contributed by atoms with E-state index >= 15 is 0 Å². The number of aliphatic hydroxyl groups is 1. The molecule has 1 saturated heterocycles. The van der Waals surface area contributed by atoms with E-state index in [0.717, 1.165) is 86.6 Å². The molecule has 0 bridgehead atoms. The van der Waals surface area contributed by atoms with Crippen LogP contribution < -0.4 is 5.32 Å². The third kappa shape index (κ3) is 4.99. The number of hydrogen-bond acceptors (Lipinski definition) is 7. The fourth-order valence-corrected chi connectivity index (χ4v) is 5.84. The molecule has 2 aliphatic carbocycles. The van der Waals surface area contributed by atoms with Crippen molar-refractivity contribution >= 4 is 17.0 Å². The lowest BCUT2D eigenvalue weighted by molar-refractivity contribution is 0.109. The highest BCUT2D eigenvalue weighted by atomic mass is 16.3. The van der Waals surface area contributed by atoms with Crippen molar-refractivity contribution in [3.8, 4) is 11.3 Å². The van der Waals surface area contributed by atoms with Crippen molar-refractivity contribution in [2.45, 2.75) is 70.2 Å². The number of piperazine rings is 1. The number of hydrogen-bond donors (Lipinski definition) is 2. The van der Waals surface area contributed by atoms with Gasteiger partial charge < -0.3 is 15.3 Å². The van der Waals surface area contributed by atoms with Crippen LogP contribution in [-0.4, -0.2) is 80.0 Å². The average Bonchev–Trinajstić information content (AvgIpc) is 3.55. The van der Waals surface area contributed by atoms with Gasteiger partial charge in [-0.15, -0.1) is 0 Å². The van der Waals surface area contributed by atoms with Crippen LogP contribution in [0.3, 0.4) is 0 Å². The van der Waals surface area contributed by atoms with E-state index in [1.54, 1.807) is 0 Å². The van der Waals surface area contributed by atoms with Gasteiger partial charge in [0.25, 0.3) is 0 Å². The normalized spacial score (nSPS) is 27.4. The molecule has 2 aromatic heterocycles. The molecule has 2 atom stereocenters. The van der Waals surface area contributed by atoms with Gasteiger partial charge in [0.2, 0.25) is 5.95 Å². The molecule has 36 heavy (non-hydrogen) atoms. The number of likely N-dealkylation sites (N-methyl/N-ethyl adjacent to an activating group) is 1. The maximum Gasteiger partial charge on any atom is 0.224 e. The predicted molar refractivity (Wildman–Crippen MR) is 143 cm³/mol. The Bertz CT molecular complexity index is 1180. The van der Waals surface area contributed by atoms with Crippen molar-refractivity contribution in [3.05, 3.63) is 36.0 Å². The molecule has 6 rings (SSSR count). The van der Waals surface area contributed by atoms with E-state index in [4.69, 9.17) is 10.1 Å². The van der Waals surface area contributed by atoms with Gasteiger partial charge in [0.15, 0.2) is 5.65 Å². The van der Waals surface area contributed by atoms with Crippen LogP contribution in [0, 0.1) is 5.92 Å². The Morgan fingerprint density at radius 2 is 1.78 bits per heavy atom. The Labute approximate surface area is 213 Å². The van der Waals surface area contributed by atoms with Crippen molar-refractivity contribution in [1.29, 1.82) is 0 Å². The van der Waals surface area contributed by atoms with Crippen LogP contribution in [0.1, 0.15) is 57.1 Å². The molecule has 0 amide bonds. The lowest BCUT2D eigenvalue weighted by atomic mass is 9.93. The summed E-state index contributed by atoms with van der Waals surface area (Å²) in [6.45, 7) is 7.75. The molecule has 0 radical (unpaired) electrons. The summed E-state index contributed by atoms with van der Waals surface area (Å²) in [5.41, 5.74) is 4.30. The number of nitrogens with zero attached hydrogens (tertiary/aromatic N) is 6. The van der Waals surface area contributed by atoms with E-state index in [9.17, 15) is 5.11 Å². The molecule has 2 saturated carbocycles. The Kier molecular flexibility index (Phi) is 6.67. The third-order valence-electron chi connectivity index (χ3n) is 8.45. The summed E-state index contributed by atoms with van der Waals surface area (Å²) >= 11 is 0. The van der Waals surface area contributed by atoms with Crippen LogP contribution in [0.2, 0.25) is 0 Å². The minimum atomic E-state index is -0.192. The number of rotatable bonds is 7. The molecule has 2 unspecified atom stereocenters. The monoisotopic (exact) mass is 489 g/mol. The maximum absolute atomic E-state index is 10.1. The van der Waals surface area contributed by atoms with Gasteiger partial charge in [-0.2, -0.15) is 10.1 Å². The van der Waals surface area contributed by atoms with Crippen molar-refractivity contribution in [1.82, 2.24) is 29.5 Å². The average molecular weight is 490 g/mol. The van der Waals surface area contributed by atoms with Gasteiger partial charge >= 0.3 is 0 Å². The Morgan fingerprint density at radius 1 is 1.03 bits per heavy atom. The van der Waals surface area contributed by atoms with Crippen molar-refractivity contribution in [3.63, 3.8) is 0 Å². The van der Waals surface area contributed by atoms with Gasteiger partial charge in [0.05, 0.1) is 17.5 Å². The second kappa shape index (κ2) is 10.1. The van der Waals surface area contributed by atoms with E-state index in [0.29, 0.717) is 12.0 Å². The maximum atomic E-state index is 10.1. The number of aliphatic hydroxyl groups excluding tert-OH is 1. The molecule has 3 aliphatic rings. The summed E-state index contributed by atoms with van der Waals surface area (Å²) in [7, 11) is 2.20. The van der Waals surface area contributed by atoms with Gasteiger partial charge in [-0.05, 0) is 50.6 Å². The van der Waals surface area contributed by atoms with Gasteiger partial charge in [-0.25, -0.2) is 9.67 Å². The Morgan fingerprint density at radius 3 is 2.47 bits per heavy atom. The van der Waals surface area contributed by atoms with E-state index < -0.39 is 0 Å². The molecule has 2 N–H and O–H groups in total. The molecule has 3 heterocycles. The zero-order valence-electron chi connectivity index (χ0n) is 21.6. The van der Waals surface area contributed by atoms with Gasteiger partial charge in [-0.3, -0.25) is 4.90 Å².